The minimum absolute atomic E-state index is 0.0630. The fourth-order valence-corrected chi connectivity index (χ4v) is 2.68. The largest absolute Gasteiger partial charge is 0.496 e. The van der Waals surface area contributed by atoms with Gasteiger partial charge < -0.3 is 15.2 Å². The van der Waals surface area contributed by atoms with Crippen LogP contribution in [0.2, 0.25) is 0 Å². The molecule has 2 rings (SSSR count). The number of rotatable bonds is 5. The summed E-state index contributed by atoms with van der Waals surface area (Å²) in [5.74, 6) is -0.765. The number of carboxylic acids is 1. The van der Waals surface area contributed by atoms with Crippen molar-refractivity contribution in [3.05, 3.63) is 28.3 Å². The Bertz CT molecular complexity index is 546. The molecule has 1 fully saturated rings. The van der Waals surface area contributed by atoms with Gasteiger partial charge in [0.05, 0.1) is 24.0 Å². The summed E-state index contributed by atoms with van der Waals surface area (Å²) in [4.78, 5) is 21.7. The third-order valence-corrected chi connectivity index (χ3v) is 3.78. The number of ether oxygens (including phenoxy) is 1. The van der Waals surface area contributed by atoms with E-state index in [1.807, 2.05) is 0 Å². The Morgan fingerprint density at radius 1 is 1.48 bits per heavy atom. The highest BCUT2D eigenvalue weighted by Crippen LogP contribution is 2.33. The molecule has 1 saturated carbocycles. The summed E-state index contributed by atoms with van der Waals surface area (Å²) in [6, 6.07) is 4.54. The Labute approximate surface area is 122 Å². The van der Waals surface area contributed by atoms with Crippen LogP contribution in [0.4, 0.5) is 11.4 Å². The second kappa shape index (κ2) is 6.43. The molecule has 1 aliphatic rings. The van der Waals surface area contributed by atoms with E-state index < -0.39 is 10.9 Å². The third-order valence-electron chi connectivity index (χ3n) is 3.78. The van der Waals surface area contributed by atoms with Gasteiger partial charge in [-0.1, -0.05) is 6.42 Å². The Morgan fingerprint density at radius 2 is 2.24 bits per heavy atom. The maximum absolute atomic E-state index is 11.1. The second-order valence-electron chi connectivity index (χ2n) is 5.18. The van der Waals surface area contributed by atoms with Crippen molar-refractivity contribution in [3.63, 3.8) is 0 Å². The fourth-order valence-electron chi connectivity index (χ4n) is 2.68. The third kappa shape index (κ3) is 3.62. The number of nitrogens with one attached hydrogen (secondary N) is 1. The van der Waals surface area contributed by atoms with E-state index >= 15 is 0 Å². The summed E-state index contributed by atoms with van der Waals surface area (Å²) in [6.07, 6.45) is 2.77. The first-order valence-electron chi connectivity index (χ1n) is 6.83. The summed E-state index contributed by atoms with van der Waals surface area (Å²) in [7, 11) is 1.45. The number of methoxy groups -OCH3 is 1. The molecule has 1 aromatic carbocycles. The van der Waals surface area contributed by atoms with E-state index in [4.69, 9.17) is 9.84 Å². The second-order valence-corrected chi connectivity index (χ2v) is 5.18. The van der Waals surface area contributed by atoms with Crippen LogP contribution in [0.3, 0.4) is 0 Å². The molecule has 0 aliphatic heterocycles. The van der Waals surface area contributed by atoms with Crippen LogP contribution in [-0.4, -0.2) is 29.2 Å². The van der Waals surface area contributed by atoms with Crippen molar-refractivity contribution in [1.82, 2.24) is 0 Å². The number of carboxylic acid groups (broad SMARTS) is 1. The highest BCUT2D eigenvalue weighted by molar-refractivity contribution is 5.70. The van der Waals surface area contributed by atoms with Gasteiger partial charge in [0.15, 0.2) is 0 Å². The van der Waals surface area contributed by atoms with Gasteiger partial charge in [0.2, 0.25) is 0 Å². The van der Waals surface area contributed by atoms with Crippen LogP contribution in [0.1, 0.15) is 25.7 Å². The van der Waals surface area contributed by atoms with Gasteiger partial charge in [-0.05, 0) is 31.4 Å². The van der Waals surface area contributed by atoms with Gasteiger partial charge in [0.25, 0.3) is 5.69 Å². The molecule has 1 aliphatic carbocycles. The van der Waals surface area contributed by atoms with Crippen molar-refractivity contribution in [2.75, 3.05) is 12.4 Å². The van der Waals surface area contributed by atoms with E-state index in [1.54, 1.807) is 12.1 Å². The van der Waals surface area contributed by atoms with Gasteiger partial charge >= 0.3 is 5.97 Å². The number of aliphatic carboxylic acids is 1. The van der Waals surface area contributed by atoms with Gasteiger partial charge in [-0.15, -0.1) is 0 Å². The van der Waals surface area contributed by atoms with Gasteiger partial charge in [0.1, 0.15) is 11.4 Å². The molecule has 7 nitrogen and oxygen atoms in total. The van der Waals surface area contributed by atoms with Crippen LogP contribution in [0.15, 0.2) is 18.2 Å². The maximum Gasteiger partial charge on any atom is 0.306 e. The van der Waals surface area contributed by atoms with Crippen LogP contribution in [0.5, 0.6) is 5.75 Å². The Kier molecular flexibility index (Phi) is 4.62. The summed E-state index contributed by atoms with van der Waals surface area (Å²) in [5.41, 5.74) is 0.337. The molecule has 2 atom stereocenters. The average molecular weight is 294 g/mol. The van der Waals surface area contributed by atoms with Crippen molar-refractivity contribution >= 4 is 17.3 Å². The number of nitro benzene ring substituents is 1. The van der Waals surface area contributed by atoms with Gasteiger partial charge in [-0.25, -0.2) is 0 Å². The van der Waals surface area contributed by atoms with Crippen molar-refractivity contribution < 1.29 is 19.6 Å². The molecule has 0 heterocycles. The molecule has 0 bridgehead atoms. The van der Waals surface area contributed by atoms with Crippen LogP contribution in [0.25, 0.3) is 0 Å². The zero-order valence-electron chi connectivity index (χ0n) is 11.7. The minimum atomic E-state index is -0.800. The molecule has 0 radical (unpaired) electrons. The van der Waals surface area contributed by atoms with Gasteiger partial charge in [-0.3, -0.25) is 14.9 Å². The van der Waals surface area contributed by atoms with Gasteiger partial charge in [0, 0.05) is 6.04 Å². The average Bonchev–Trinajstić information content (AvgIpc) is 2.47. The van der Waals surface area contributed by atoms with E-state index in [-0.39, 0.29) is 17.6 Å². The quantitative estimate of drug-likeness (QED) is 0.639. The highest BCUT2D eigenvalue weighted by atomic mass is 16.6. The lowest BCUT2D eigenvalue weighted by molar-refractivity contribution is -0.384. The molecule has 2 N–H and O–H groups in total. The standard InChI is InChI=1S/C14H18N2O5/c1-21-11-5-6-12(13(8-11)16(19)20)15-10-4-2-3-9(7-10)14(17)18/h5-6,8-10,15H,2-4,7H2,1H3,(H,17,18). The number of carbonyl (C=O) groups is 1. The number of anilines is 1. The molecular weight excluding hydrogens is 276 g/mol. The van der Waals surface area contributed by atoms with Crippen molar-refractivity contribution in [2.45, 2.75) is 31.7 Å². The normalized spacial score (nSPS) is 21.6. The van der Waals surface area contributed by atoms with E-state index in [9.17, 15) is 14.9 Å². The molecule has 0 aromatic heterocycles. The van der Waals surface area contributed by atoms with Crippen molar-refractivity contribution in [3.8, 4) is 5.75 Å². The molecular formula is C14H18N2O5. The zero-order valence-corrected chi connectivity index (χ0v) is 11.7. The van der Waals surface area contributed by atoms with Crippen molar-refractivity contribution in [1.29, 1.82) is 0 Å². The molecule has 0 saturated heterocycles. The monoisotopic (exact) mass is 294 g/mol. The molecule has 0 spiro atoms. The van der Waals surface area contributed by atoms with E-state index in [0.717, 1.165) is 12.8 Å². The SMILES string of the molecule is COc1ccc(NC2CCCC(C(=O)O)C2)c([N+](=O)[O-])c1. The highest BCUT2D eigenvalue weighted by Gasteiger charge is 2.28. The first kappa shape index (κ1) is 15.1. The molecule has 7 heteroatoms. The Hall–Kier alpha value is -2.31. The van der Waals surface area contributed by atoms with Crippen LogP contribution in [-0.2, 0) is 4.79 Å². The summed E-state index contributed by atoms with van der Waals surface area (Å²) in [6.45, 7) is 0. The first-order chi connectivity index (χ1) is 10.0. The number of hydrogen-bond donors (Lipinski definition) is 2. The zero-order chi connectivity index (χ0) is 15.4. The van der Waals surface area contributed by atoms with Crippen LogP contribution < -0.4 is 10.1 Å². The first-order valence-corrected chi connectivity index (χ1v) is 6.83. The molecule has 21 heavy (non-hydrogen) atoms. The van der Waals surface area contributed by atoms with Gasteiger partial charge in [-0.2, -0.15) is 0 Å². The topological polar surface area (TPSA) is 102 Å². The predicted molar refractivity (Wildman–Crippen MR) is 76.7 cm³/mol. The fraction of sp³-hybridized carbons (Fsp3) is 0.500. The van der Waals surface area contributed by atoms with E-state index in [1.165, 1.54) is 13.2 Å². The maximum atomic E-state index is 11.1. The predicted octanol–water partition coefficient (Wildman–Crippen LogP) is 2.66. The lowest BCUT2D eigenvalue weighted by Gasteiger charge is -2.28. The van der Waals surface area contributed by atoms with Crippen molar-refractivity contribution in [2.24, 2.45) is 5.92 Å². The number of nitrogens with zero attached hydrogens (tertiary/aromatic N) is 1. The molecule has 114 valence electrons. The summed E-state index contributed by atoms with van der Waals surface area (Å²) < 4.78 is 4.99. The van der Waals surface area contributed by atoms with Crippen LogP contribution >= 0.6 is 0 Å². The molecule has 1 aromatic rings. The summed E-state index contributed by atoms with van der Waals surface area (Å²) >= 11 is 0. The molecule has 0 amide bonds. The Balaban J connectivity index is 2.15. The lowest BCUT2D eigenvalue weighted by atomic mass is 9.85. The number of benzene rings is 1. The smallest absolute Gasteiger partial charge is 0.306 e. The number of nitro groups is 1. The van der Waals surface area contributed by atoms with E-state index in [2.05, 4.69) is 5.32 Å². The lowest BCUT2D eigenvalue weighted by Crippen LogP contribution is -2.31. The summed E-state index contributed by atoms with van der Waals surface area (Å²) in [5, 5.41) is 23.3. The number of hydrogen-bond acceptors (Lipinski definition) is 5. The molecule has 2 unspecified atom stereocenters. The Morgan fingerprint density at radius 3 is 2.86 bits per heavy atom. The van der Waals surface area contributed by atoms with E-state index in [0.29, 0.717) is 24.3 Å². The minimum Gasteiger partial charge on any atom is -0.496 e. The van der Waals surface area contributed by atoms with Crippen LogP contribution in [0, 0.1) is 16.0 Å².